The van der Waals surface area contributed by atoms with Gasteiger partial charge < -0.3 is 15.8 Å². The van der Waals surface area contributed by atoms with E-state index in [0.29, 0.717) is 40.5 Å². The number of fused-ring (bicyclic) bond motifs is 2. The van der Waals surface area contributed by atoms with E-state index in [9.17, 15) is 13.6 Å². The van der Waals surface area contributed by atoms with Crippen LogP contribution in [-0.2, 0) is 11.2 Å². The second kappa shape index (κ2) is 11.3. The minimum atomic E-state index is -2.69. The number of carbonyl (C=O) groups excluding carboxylic acids is 1. The molecule has 0 bridgehead atoms. The lowest BCUT2D eigenvalue weighted by Gasteiger charge is -2.16. The smallest absolute Gasteiger partial charge is 0.280 e. The fourth-order valence-corrected chi connectivity index (χ4v) is 5.06. The first-order valence-electron chi connectivity index (χ1n) is 13.2. The third-order valence-corrected chi connectivity index (χ3v) is 7.06. The second-order valence-electron chi connectivity index (χ2n) is 9.70. The van der Waals surface area contributed by atoms with Gasteiger partial charge in [0, 0.05) is 25.2 Å². The minimum Gasteiger partial charge on any atom is -0.383 e. The number of aryl methyl sites for hydroxylation is 1. The summed E-state index contributed by atoms with van der Waals surface area (Å²) in [5, 5.41) is 3.01. The molecule has 0 saturated carbocycles. The summed E-state index contributed by atoms with van der Waals surface area (Å²) in [5.41, 5.74) is 11.5. The van der Waals surface area contributed by atoms with E-state index in [2.05, 4.69) is 33.2 Å². The molecule has 9 nitrogen and oxygen atoms in total. The number of anilines is 1. The molecule has 11 heteroatoms. The summed E-state index contributed by atoms with van der Waals surface area (Å²) in [5.74, 6) is 6.51. The zero-order valence-corrected chi connectivity index (χ0v) is 22.5. The van der Waals surface area contributed by atoms with Crippen molar-refractivity contribution in [3.05, 3.63) is 95.1 Å². The Morgan fingerprint density at radius 3 is 2.81 bits per heavy atom. The number of amides is 1. The third-order valence-electron chi connectivity index (χ3n) is 7.06. The normalized spacial score (nSPS) is 14.0. The topological polar surface area (TPSA) is 121 Å². The van der Waals surface area contributed by atoms with E-state index < -0.39 is 6.43 Å². The van der Waals surface area contributed by atoms with Gasteiger partial charge in [-0.1, -0.05) is 12.0 Å². The van der Waals surface area contributed by atoms with Crippen molar-refractivity contribution in [2.75, 3.05) is 19.5 Å². The van der Waals surface area contributed by atoms with Crippen molar-refractivity contribution in [1.82, 2.24) is 29.8 Å². The van der Waals surface area contributed by atoms with Crippen LogP contribution in [0.1, 0.15) is 51.8 Å². The summed E-state index contributed by atoms with van der Waals surface area (Å²) in [6, 6.07) is 15.6. The van der Waals surface area contributed by atoms with Crippen LogP contribution in [0.5, 0.6) is 0 Å². The van der Waals surface area contributed by atoms with Crippen LogP contribution in [0.25, 0.3) is 28.2 Å². The summed E-state index contributed by atoms with van der Waals surface area (Å²) in [4.78, 5) is 30.5. The van der Waals surface area contributed by atoms with Crippen molar-refractivity contribution in [2.24, 2.45) is 0 Å². The van der Waals surface area contributed by atoms with Gasteiger partial charge in [0.1, 0.15) is 29.3 Å². The molecule has 1 aromatic carbocycles. The number of carbonyl (C=O) groups is 1. The Balaban J connectivity index is 1.37. The Bertz CT molecular complexity index is 1860. The number of halogens is 2. The van der Waals surface area contributed by atoms with Crippen molar-refractivity contribution < 1.29 is 18.3 Å². The lowest BCUT2D eigenvalue weighted by Crippen LogP contribution is -2.27. The van der Waals surface area contributed by atoms with Crippen LogP contribution >= 0.6 is 0 Å². The van der Waals surface area contributed by atoms with Crippen molar-refractivity contribution in [3.63, 3.8) is 0 Å². The van der Waals surface area contributed by atoms with Crippen LogP contribution < -0.4 is 11.1 Å². The van der Waals surface area contributed by atoms with Gasteiger partial charge in [0.15, 0.2) is 11.5 Å². The summed E-state index contributed by atoms with van der Waals surface area (Å²) in [6.07, 6.45) is 1.53. The van der Waals surface area contributed by atoms with E-state index in [-0.39, 0.29) is 29.8 Å². The highest BCUT2D eigenvalue weighted by molar-refractivity contribution is 5.94. The highest BCUT2D eigenvalue weighted by Crippen LogP contribution is 2.36. The van der Waals surface area contributed by atoms with Gasteiger partial charge >= 0.3 is 0 Å². The van der Waals surface area contributed by atoms with Gasteiger partial charge in [-0.15, -0.1) is 0 Å². The van der Waals surface area contributed by atoms with Gasteiger partial charge in [0.2, 0.25) is 0 Å². The van der Waals surface area contributed by atoms with Crippen LogP contribution in [0.15, 0.2) is 67.0 Å². The van der Waals surface area contributed by atoms with E-state index in [0.717, 1.165) is 23.2 Å². The van der Waals surface area contributed by atoms with Gasteiger partial charge in [-0.25, -0.2) is 23.7 Å². The predicted octanol–water partition coefficient (Wildman–Crippen LogP) is 4.81. The molecule has 1 aliphatic carbocycles. The SMILES string of the molecule is COCC#Cc1ccc2nc(-c3cccnc3N)n(-c3ccc4c(c3)CC[C@@H]4NC(=O)c3ccc(C(F)F)nc3)c2n1. The molecule has 0 fully saturated rings. The van der Waals surface area contributed by atoms with Gasteiger partial charge in [-0.2, -0.15) is 0 Å². The second-order valence-corrected chi connectivity index (χ2v) is 9.70. The molecule has 5 aromatic rings. The summed E-state index contributed by atoms with van der Waals surface area (Å²) >= 11 is 0. The Labute approximate surface area is 239 Å². The molecule has 1 amide bonds. The first kappa shape index (κ1) is 27.0. The summed E-state index contributed by atoms with van der Waals surface area (Å²) in [7, 11) is 1.58. The molecule has 0 aliphatic heterocycles. The van der Waals surface area contributed by atoms with Gasteiger partial charge in [-0.3, -0.25) is 14.3 Å². The maximum absolute atomic E-state index is 12.9. The van der Waals surface area contributed by atoms with Crippen LogP contribution in [0, 0.1) is 11.8 Å². The number of nitrogens with zero attached hydrogens (tertiary/aromatic N) is 5. The molecule has 4 aromatic heterocycles. The zero-order valence-electron chi connectivity index (χ0n) is 22.5. The van der Waals surface area contributed by atoms with E-state index in [4.69, 9.17) is 20.4 Å². The Morgan fingerprint density at radius 1 is 1.17 bits per heavy atom. The van der Waals surface area contributed by atoms with Crippen molar-refractivity contribution in [3.8, 4) is 28.9 Å². The number of hydrogen-bond donors (Lipinski definition) is 2. The number of alkyl halides is 2. The number of nitrogens with two attached hydrogens (primary N) is 1. The van der Waals surface area contributed by atoms with E-state index in [1.54, 1.807) is 19.4 Å². The monoisotopic (exact) mass is 565 g/mol. The number of nitrogens with one attached hydrogen (secondary N) is 1. The molecule has 3 N–H and O–H groups in total. The van der Waals surface area contributed by atoms with Crippen LogP contribution in [-0.4, -0.2) is 44.1 Å². The molecule has 0 spiro atoms. The van der Waals surface area contributed by atoms with E-state index in [1.165, 1.54) is 18.3 Å². The molecule has 6 rings (SSSR count). The predicted molar refractivity (Wildman–Crippen MR) is 153 cm³/mol. The fraction of sp³-hybridized carbons (Fsp3) is 0.194. The summed E-state index contributed by atoms with van der Waals surface area (Å²) in [6.45, 7) is 0.288. The van der Waals surface area contributed by atoms with Crippen LogP contribution in [0.4, 0.5) is 14.6 Å². The zero-order chi connectivity index (χ0) is 29.2. The number of benzene rings is 1. The maximum atomic E-state index is 12.9. The lowest BCUT2D eigenvalue weighted by molar-refractivity contribution is 0.0935. The average molecular weight is 566 g/mol. The average Bonchev–Trinajstić information content (AvgIpc) is 3.58. The van der Waals surface area contributed by atoms with E-state index >= 15 is 0 Å². The third kappa shape index (κ3) is 5.15. The van der Waals surface area contributed by atoms with Gasteiger partial charge in [0.25, 0.3) is 12.3 Å². The van der Waals surface area contributed by atoms with Crippen molar-refractivity contribution in [2.45, 2.75) is 25.3 Å². The largest absolute Gasteiger partial charge is 0.383 e. The molecular weight excluding hydrogens is 540 g/mol. The highest BCUT2D eigenvalue weighted by atomic mass is 19.3. The number of aromatic nitrogens is 5. The number of nitrogen functional groups attached to an aromatic ring is 1. The number of methoxy groups -OCH3 is 1. The molecule has 1 aliphatic rings. The first-order valence-corrected chi connectivity index (χ1v) is 13.2. The van der Waals surface area contributed by atoms with Crippen LogP contribution in [0.2, 0.25) is 0 Å². The quantitative estimate of drug-likeness (QED) is 0.284. The van der Waals surface area contributed by atoms with Crippen LogP contribution in [0.3, 0.4) is 0 Å². The molecular formula is C31H25F2N7O2. The maximum Gasteiger partial charge on any atom is 0.280 e. The first-order chi connectivity index (χ1) is 20.4. The van der Waals surface area contributed by atoms with Crippen molar-refractivity contribution in [1.29, 1.82) is 0 Å². The number of rotatable bonds is 6. The standard InChI is InChI=1S/C31H25F2N7O2/c1-42-15-3-4-20-8-13-26-30(37-20)40(29(38-26)23-5-2-14-35-28(23)34)21-9-10-22-18(16-21)6-11-24(22)39-31(41)19-7-12-25(27(32)33)36-17-19/h2,5,7-10,12-14,16-17,24,27H,6,11,15H2,1H3,(H2,34,35)(H,39,41)/t24-/m0/s1. The Morgan fingerprint density at radius 2 is 2.05 bits per heavy atom. The highest BCUT2D eigenvalue weighted by Gasteiger charge is 2.26. The lowest BCUT2D eigenvalue weighted by atomic mass is 10.1. The number of imidazole rings is 1. The molecule has 42 heavy (non-hydrogen) atoms. The number of hydrogen-bond acceptors (Lipinski definition) is 7. The summed E-state index contributed by atoms with van der Waals surface area (Å²) < 4.78 is 32.7. The molecule has 210 valence electrons. The van der Waals surface area contributed by atoms with E-state index in [1.807, 2.05) is 34.9 Å². The number of ether oxygens (including phenoxy) is 1. The molecule has 4 heterocycles. The van der Waals surface area contributed by atoms with Crippen molar-refractivity contribution >= 4 is 22.9 Å². The fourth-order valence-electron chi connectivity index (χ4n) is 5.06. The molecule has 0 radical (unpaired) electrons. The Kier molecular flexibility index (Phi) is 7.29. The Hall–Kier alpha value is -5.21. The van der Waals surface area contributed by atoms with Gasteiger partial charge in [-0.05, 0) is 78.4 Å². The molecule has 0 saturated heterocycles. The number of pyridine rings is 3. The molecule has 0 unspecified atom stereocenters. The molecule has 1 atom stereocenters. The van der Waals surface area contributed by atoms with Gasteiger partial charge in [0.05, 0.1) is 17.2 Å². The minimum absolute atomic E-state index is 0.225.